The maximum absolute atomic E-state index is 14.1. The number of anilines is 1. The standard InChI is InChI=1S/C13H17FN4O/c14-10-7-11(13(19)17-9-1-2-9)16-8-12(10)18-5-3-15-4-6-18/h7-9,15H,1-6H2,(H,17,19). The second-order valence-electron chi connectivity index (χ2n) is 5.01. The van der Waals surface area contributed by atoms with E-state index in [1.807, 2.05) is 4.90 Å². The van der Waals surface area contributed by atoms with Crippen molar-refractivity contribution in [3.8, 4) is 0 Å². The van der Waals surface area contributed by atoms with Gasteiger partial charge in [-0.1, -0.05) is 0 Å². The number of piperazine rings is 1. The van der Waals surface area contributed by atoms with Crippen LogP contribution < -0.4 is 15.5 Å². The van der Waals surface area contributed by atoms with Crippen LogP contribution in [-0.2, 0) is 0 Å². The molecule has 2 heterocycles. The average Bonchev–Trinajstić information content (AvgIpc) is 3.23. The number of nitrogens with zero attached hydrogens (tertiary/aromatic N) is 2. The summed E-state index contributed by atoms with van der Waals surface area (Å²) in [5, 5.41) is 6.02. The summed E-state index contributed by atoms with van der Waals surface area (Å²) in [7, 11) is 0. The first-order chi connectivity index (χ1) is 9.24. The van der Waals surface area contributed by atoms with Crippen LogP contribution in [0.5, 0.6) is 0 Å². The summed E-state index contributed by atoms with van der Waals surface area (Å²) in [6, 6.07) is 1.49. The van der Waals surface area contributed by atoms with E-state index in [2.05, 4.69) is 15.6 Å². The summed E-state index contributed by atoms with van der Waals surface area (Å²) in [4.78, 5) is 17.8. The van der Waals surface area contributed by atoms with Gasteiger partial charge in [0.25, 0.3) is 5.91 Å². The molecule has 1 aliphatic carbocycles. The monoisotopic (exact) mass is 264 g/mol. The van der Waals surface area contributed by atoms with E-state index in [9.17, 15) is 9.18 Å². The number of carbonyl (C=O) groups excluding carboxylic acids is 1. The fourth-order valence-electron chi connectivity index (χ4n) is 2.17. The maximum Gasteiger partial charge on any atom is 0.270 e. The van der Waals surface area contributed by atoms with Crippen LogP contribution in [0.2, 0.25) is 0 Å². The molecule has 19 heavy (non-hydrogen) atoms. The third kappa shape index (κ3) is 2.84. The van der Waals surface area contributed by atoms with Crippen LogP contribution in [0.4, 0.5) is 10.1 Å². The molecule has 2 fully saturated rings. The van der Waals surface area contributed by atoms with Gasteiger partial charge in [0, 0.05) is 38.3 Å². The third-order valence-corrected chi connectivity index (χ3v) is 3.44. The number of rotatable bonds is 3. The first kappa shape index (κ1) is 12.3. The largest absolute Gasteiger partial charge is 0.365 e. The van der Waals surface area contributed by atoms with Gasteiger partial charge in [-0.3, -0.25) is 4.79 Å². The fourth-order valence-corrected chi connectivity index (χ4v) is 2.17. The van der Waals surface area contributed by atoms with Crippen LogP contribution in [0.15, 0.2) is 12.3 Å². The van der Waals surface area contributed by atoms with Gasteiger partial charge in [-0.2, -0.15) is 0 Å². The van der Waals surface area contributed by atoms with Crippen molar-refractivity contribution in [3.63, 3.8) is 0 Å². The highest BCUT2D eigenvalue weighted by Gasteiger charge is 2.25. The molecule has 1 aromatic rings. The Balaban J connectivity index is 1.74. The predicted molar refractivity (Wildman–Crippen MR) is 69.8 cm³/mol. The molecule has 1 amide bonds. The lowest BCUT2D eigenvalue weighted by atomic mass is 10.2. The smallest absolute Gasteiger partial charge is 0.270 e. The molecule has 1 saturated carbocycles. The Labute approximate surface area is 111 Å². The van der Waals surface area contributed by atoms with E-state index in [-0.39, 0.29) is 23.5 Å². The highest BCUT2D eigenvalue weighted by molar-refractivity contribution is 5.92. The Morgan fingerprint density at radius 1 is 1.42 bits per heavy atom. The Bertz CT molecular complexity index is 484. The van der Waals surface area contributed by atoms with Crippen molar-refractivity contribution in [2.45, 2.75) is 18.9 Å². The summed E-state index contributed by atoms with van der Waals surface area (Å²) in [5.41, 5.74) is 0.632. The van der Waals surface area contributed by atoms with Gasteiger partial charge >= 0.3 is 0 Å². The molecule has 0 spiro atoms. The number of halogens is 1. The molecule has 0 aromatic carbocycles. The molecule has 102 valence electrons. The van der Waals surface area contributed by atoms with Crippen molar-refractivity contribution in [3.05, 3.63) is 23.8 Å². The van der Waals surface area contributed by atoms with E-state index in [0.29, 0.717) is 5.69 Å². The van der Waals surface area contributed by atoms with Gasteiger partial charge in [-0.05, 0) is 12.8 Å². The molecule has 2 N–H and O–H groups in total. The van der Waals surface area contributed by atoms with E-state index in [1.54, 1.807) is 0 Å². The Morgan fingerprint density at radius 3 is 2.79 bits per heavy atom. The Hall–Kier alpha value is -1.69. The lowest BCUT2D eigenvalue weighted by Gasteiger charge is -2.29. The van der Waals surface area contributed by atoms with Crippen LogP contribution in [0.1, 0.15) is 23.3 Å². The molecule has 1 saturated heterocycles. The van der Waals surface area contributed by atoms with Crippen molar-refractivity contribution in [1.29, 1.82) is 0 Å². The number of carbonyl (C=O) groups is 1. The van der Waals surface area contributed by atoms with Crippen molar-refractivity contribution in [1.82, 2.24) is 15.6 Å². The van der Waals surface area contributed by atoms with Crippen LogP contribution in [0.25, 0.3) is 0 Å². The molecule has 1 aliphatic heterocycles. The zero-order valence-corrected chi connectivity index (χ0v) is 10.7. The molecule has 0 atom stereocenters. The van der Waals surface area contributed by atoms with E-state index in [1.165, 1.54) is 12.3 Å². The number of amides is 1. The van der Waals surface area contributed by atoms with E-state index in [4.69, 9.17) is 0 Å². The van der Waals surface area contributed by atoms with Crippen molar-refractivity contribution in [2.75, 3.05) is 31.1 Å². The summed E-state index contributed by atoms with van der Waals surface area (Å²) in [5.74, 6) is -0.661. The molecule has 0 bridgehead atoms. The van der Waals surface area contributed by atoms with Crippen LogP contribution in [0, 0.1) is 5.82 Å². The van der Waals surface area contributed by atoms with Gasteiger partial charge in [-0.15, -0.1) is 0 Å². The van der Waals surface area contributed by atoms with Crippen LogP contribution >= 0.6 is 0 Å². The highest BCUT2D eigenvalue weighted by Crippen LogP contribution is 2.21. The molecule has 3 rings (SSSR count). The number of aromatic nitrogens is 1. The SMILES string of the molecule is O=C(NC1CC1)c1cc(F)c(N2CCNCC2)cn1. The van der Waals surface area contributed by atoms with Crippen molar-refractivity contribution >= 4 is 11.6 Å². The van der Waals surface area contributed by atoms with E-state index < -0.39 is 0 Å². The summed E-state index contributed by atoms with van der Waals surface area (Å²) in [6.07, 6.45) is 3.47. The summed E-state index contributed by atoms with van der Waals surface area (Å²) in [6.45, 7) is 3.19. The third-order valence-electron chi connectivity index (χ3n) is 3.44. The number of nitrogens with one attached hydrogen (secondary N) is 2. The minimum atomic E-state index is -0.377. The van der Waals surface area contributed by atoms with E-state index in [0.717, 1.165) is 39.0 Å². The second-order valence-corrected chi connectivity index (χ2v) is 5.01. The molecular formula is C13H17FN4O. The van der Waals surface area contributed by atoms with Crippen LogP contribution in [0.3, 0.4) is 0 Å². The fraction of sp³-hybridized carbons (Fsp3) is 0.538. The topological polar surface area (TPSA) is 57.3 Å². The van der Waals surface area contributed by atoms with Gasteiger partial charge < -0.3 is 15.5 Å². The lowest BCUT2D eigenvalue weighted by molar-refractivity contribution is 0.0945. The second kappa shape index (κ2) is 5.13. The minimum absolute atomic E-state index is 0.156. The van der Waals surface area contributed by atoms with Gasteiger partial charge in [0.1, 0.15) is 11.5 Å². The van der Waals surface area contributed by atoms with Gasteiger partial charge in [0.15, 0.2) is 0 Å². The zero-order valence-electron chi connectivity index (χ0n) is 10.7. The van der Waals surface area contributed by atoms with Crippen LogP contribution in [-0.4, -0.2) is 43.1 Å². The first-order valence-corrected chi connectivity index (χ1v) is 6.66. The lowest BCUT2D eigenvalue weighted by Crippen LogP contribution is -2.44. The predicted octanol–water partition coefficient (Wildman–Crippen LogP) is 0.522. The van der Waals surface area contributed by atoms with E-state index >= 15 is 0 Å². The normalized spacial score (nSPS) is 19.3. The molecule has 1 aromatic heterocycles. The molecule has 0 unspecified atom stereocenters. The maximum atomic E-state index is 14.1. The molecule has 0 radical (unpaired) electrons. The number of hydrogen-bond donors (Lipinski definition) is 2. The van der Waals surface area contributed by atoms with Gasteiger partial charge in [0.2, 0.25) is 0 Å². The molecule has 5 nitrogen and oxygen atoms in total. The number of hydrogen-bond acceptors (Lipinski definition) is 4. The zero-order chi connectivity index (χ0) is 13.2. The number of pyridine rings is 1. The Morgan fingerprint density at radius 2 is 2.16 bits per heavy atom. The van der Waals surface area contributed by atoms with Gasteiger partial charge in [0.05, 0.1) is 11.9 Å². The Kier molecular flexibility index (Phi) is 3.33. The molecular weight excluding hydrogens is 247 g/mol. The van der Waals surface area contributed by atoms with Crippen molar-refractivity contribution < 1.29 is 9.18 Å². The summed E-state index contributed by atoms with van der Waals surface area (Å²) < 4.78 is 14.1. The van der Waals surface area contributed by atoms with Gasteiger partial charge in [-0.25, -0.2) is 9.37 Å². The summed E-state index contributed by atoms with van der Waals surface area (Å²) >= 11 is 0. The quantitative estimate of drug-likeness (QED) is 0.836. The molecule has 6 heteroatoms. The van der Waals surface area contributed by atoms with Crippen molar-refractivity contribution in [2.24, 2.45) is 0 Å². The first-order valence-electron chi connectivity index (χ1n) is 6.66. The average molecular weight is 264 g/mol. The molecule has 2 aliphatic rings. The minimum Gasteiger partial charge on any atom is -0.365 e. The highest BCUT2D eigenvalue weighted by atomic mass is 19.1.